The number of nitrogens with two attached hydrogens (primary N) is 2. The maximum Gasteiger partial charge on any atom is 0.270 e. The first-order valence-electron chi connectivity index (χ1n) is 8.50. The van der Waals surface area contributed by atoms with E-state index in [0.29, 0.717) is 11.6 Å². The number of carbonyl (C=O) groups excluding carboxylic acids is 1. The second kappa shape index (κ2) is 7.28. The lowest BCUT2D eigenvalue weighted by Gasteiger charge is -2.09. The number of benzene rings is 2. The van der Waals surface area contributed by atoms with Gasteiger partial charge in [-0.3, -0.25) is 4.79 Å². The van der Waals surface area contributed by atoms with Crippen molar-refractivity contribution < 1.29 is 9.21 Å². The zero-order chi connectivity index (χ0) is 19.5. The van der Waals surface area contributed by atoms with Gasteiger partial charge in [0, 0.05) is 11.1 Å². The normalized spacial score (nSPS) is 10.7. The first-order valence-corrected chi connectivity index (χ1v) is 8.50. The fraction of sp³-hybridized carbons (Fsp3) is 0.0500. The Morgan fingerprint density at radius 2 is 1.68 bits per heavy atom. The number of anilines is 1. The highest BCUT2D eigenvalue weighted by Crippen LogP contribution is 2.29. The molecule has 4 aromatic rings. The zero-order valence-corrected chi connectivity index (χ0v) is 14.7. The summed E-state index contributed by atoms with van der Waals surface area (Å²) >= 11 is 0. The summed E-state index contributed by atoms with van der Waals surface area (Å²) in [5.74, 6) is 0.259. The highest BCUT2D eigenvalue weighted by Gasteiger charge is 2.18. The summed E-state index contributed by atoms with van der Waals surface area (Å²) in [5.41, 5.74) is 14.4. The van der Waals surface area contributed by atoms with Crippen LogP contribution in [0, 0.1) is 0 Å². The van der Waals surface area contributed by atoms with Crippen LogP contribution in [0.1, 0.15) is 5.56 Å². The topological polar surface area (TPSA) is 134 Å². The number of nitrogens with zero attached hydrogens (tertiary/aromatic N) is 4. The number of rotatable bonds is 5. The molecule has 138 valence electrons. The van der Waals surface area contributed by atoms with Gasteiger partial charge in [-0.1, -0.05) is 42.5 Å². The van der Waals surface area contributed by atoms with Crippen molar-refractivity contribution in [2.75, 3.05) is 5.73 Å². The van der Waals surface area contributed by atoms with E-state index < -0.39 is 5.91 Å². The Morgan fingerprint density at radius 3 is 2.46 bits per heavy atom. The van der Waals surface area contributed by atoms with Crippen LogP contribution in [0.25, 0.3) is 34.3 Å². The molecule has 0 saturated heterocycles. The summed E-state index contributed by atoms with van der Waals surface area (Å²) in [6.45, 7) is 0. The van der Waals surface area contributed by atoms with Crippen LogP contribution >= 0.6 is 0 Å². The van der Waals surface area contributed by atoms with Gasteiger partial charge < -0.3 is 15.9 Å². The van der Waals surface area contributed by atoms with Crippen LogP contribution in [-0.2, 0) is 11.2 Å². The van der Waals surface area contributed by atoms with Gasteiger partial charge in [0.2, 0.25) is 11.8 Å². The molecule has 0 aliphatic carbocycles. The lowest BCUT2D eigenvalue weighted by atomic mass is 10.0. The summed E-state index contributed by atoms with van der Waals surface area (Å²) in [6, 6.07) is 16.7. The van der Waals surface area contributed by atoms with Crippen molar-refractivity contribution in [3.8, 4) is 34.3 Å². The Labute approximate surface area is 160 Å². The molecule has 0 radical (unpaired) electrons. The predicted octanol–water partition coefficient (Wildman–Crippen LogP) is 2.47. The second-order valence-electron chi connectivity index (χ2n) is 6.07. The molecule has 0 aliphatic rings. The maximum atomic E-state index is 11.4. The molecule has 0 unspecified atom stereocenters. The van der Waals surface area contributed by atoms with Crippen LogP contribution in [0.2, 0.25) is 0 Å². The Morgan fingerprint density at radius 1 is 0.964 bits per heavy atom. The fourth-order valence-corrected chi connectivity index (χ4v) is 2.81. The second-order valence-corrected chi connectivity index (χ2v) is 6.07. The number of aromatic nitrogens is 4. The molecule has 0 saturated carbocycles. The highest BCUT2D eigenvalue weighted by molar-refractivity contribution is 5.80. The highest BCUT2D eigenvalue weighted by atomic mass is 16.4. The van der Waals surface area contributed by atoms with Gasteiger partial charge in [0.15, 0.2) is 11.5 Å². The van der Waals surface area contributed by atoms with Crippen LogP contribution in [0.4, 0.5) is 5.82 Å². The van der Waals surface area contributed by atoms with E-state index in [0.717, 1.165) is 16.7 Å². The van der Waals surface area contributed by atoms with Gasteiger partial charge in [0.1, 0.15) is 0 Å². The summed E-state index contributed by atoms with van der Waals surface area (Å²) in [5, 5.41) is 8.12. The smallest absolute Gasteiger partial charge is 0.270 e. The molecule has 8 heteroatoms. The first-order chi connectivity index (χ1) is 13.6. The number of nitrogen functional groups attached to an aromatic ring is 1. The molecule has 2 aromatic heterocycles. The maximum absolute atomic E-state index is 11.4. The number of hydrogen-bond donors (Lipinski definition) is 2. The van der Waals surface area contributed by atoms with Crippen molar-refractivity contribution in [1.29, 1.82) is 0 Å². The number of carbonyl (C=O) groups is 1. The van der Waals surface area contributed by atoms with E-state index in [1.54, 1.807) is 0 Å². The van der Waals surface area contributed by atoms with Crippen molar-refractivity contribution >= 4 is 11.7 Å². The van der Waals surface area contributed by atoms with Gasteiger partial charge in [-0.25, -0.2) is 9.97 Å². The molecule has 0 bridgehead atoms. The van der Waals surface area contributed by atoms with E-state index in [2.05, 4.69) is 20.2 Å². The van der Waals surface area contributed by atoms with Crippen LogP contribution in [0.3, 0.4) is 0 Å². The predicted molar refractivity (Wildman–Crippen MR) is 104 cm³/mol. The summed E-state index contributed by atoms with van der Waals surface area (Å²) in [6.07, 6.45) is 1.63. The average molecular weight is 372 g/mol. The van der Waals surface area contributed by atoms with Crippen LogP contribution in [0.5, 0.6) is 0 Å². The summed E-state index contributed by atoms with van der Waals surface area (Å²) < 4.78 is 5.74. The largest absolute Gasteiger partial charge is 0.414 e. The minimum Gasteiger partial charge on any atom is -0.414 e. The van der Waals surface area contributed by atoms with Gasteiger partial charge in [-0.05, 0) is 17.7 Å². The molecule has 0 aliphatic heterocycles. The van der Waals surface area contributed by atoms with Crippen molar-refractivity contribution in [3.05, 3.63) is 66.4 Å². The van der Waals surface area contributed by atoms with Gasteiger partial charge in [0.25, 0.3) is 5.89 Å². The summed E-state index contributed by atoms with van der Waals surface area (Å²) in [7, 11) is 0. The van der Waals surface area contributed by atoms with E-state index in [4.69, 9.17) is 15.9 Å². The van der Waals surface area contributed by atoms with Gasteiger partial charge in [0.05, 0.1) is 18.3 Å². The molecule has 1 amide bonds. The monoisotopic (exact) mass is 372 g/mol. The van der Waals surface area contributed by atoms with Crippen molar-refractivity contribution in [2.45, 2.75) is 6.42 Å². The SMILES string of the molecule is NC(=O)Cc1ccccc1-c1cnc(N)c(-c2nnc(-c3ccccc3)o2)n1. The fourth-order valence-electron chi connectivity index (χ4n) is 2.81. The van der Waals surface area contributed by atoms with Crippen molar-refractivity contribution in [3.63, 3.8) is 0 Å². The third kappa shape index (κ3) is 3.43. The Balaban J connectivity index is 1.75. The number of hydrogen-bond acceptors (Lipinski definition) is 7. The van der Waals surface area contributed by atoms with Crippen LogP contribution < -0.4 is 11.5 Å². The Bertz CT molecular complexity index is 1140. The molecule has 2 aromatic carbocycles. The molecule has 8 nitrogen and oxygen atoms in total. The van der Waals surface area contributed by atoms with Crippen LogP contribution in [0.15, 0.2) is 65.2 Å². The van der Waals surface area contributed by atoms with Gasteiger partial charge in [-0.2, -0.15) is 0 Å². The molecule has 0 atom stereocenters. The van der Waals surface area contributed by atoms with E-state index in [1.165, 1.54) is 6.20 Å². The standard InChI is InChI=1S/C20H16N6O2/c21-16(27)10-13-8-4-5-9-14(13)15-11-23-18(22)17(24-15)20-26-25-19(28-20)12-6-2-1-3-7-12/h1-9,11H,10H2,(H2,21,27)(H2,22,23). The third-order valence-electron chi connectivity index (χ3n) is 4.11. The molecule has 2 heterocycles. The molecule has 0 fully saturated rings. The van der Waals surface area contributed by atoms with E-state index in [-0.39, 0.29) is 23.8 Å². The third-order valence-corrected chi connectivity index (χ3v) is 4.11. The van der Waals surface area contributed by atoms with Gasteiger partial charge in [-0.15, -0.1) is 10.2 Å². The number of primary amides is 1. The van der Waals surface area contributed by atoms with Crippen molar-refractivity contribution in [1.82, 2.24) is 20.2 Å². The first kappa shape index (κ1) is 17.3. The Kier molecular flexibility index (Phi) is 4.51. The molecule has 28 heavy (non-hydrogen) atoms. The van der Waals surface area contributed by atoms with E-state index >= 15 is 0 Å². The number of amides is 1. The lowest BCUT2D eigenvalue weighted by molar-refractivity contribution is -0.117. The Hall–Kier alpha value is -4.07. The quantitative estimate of drug-likeness (QED) is 0.549. The minimum absolute atomic E-state index is 0.0935. The van der Waals surface area contributed by atoms with E-state index in [1.807, 2.05) is 54.6 Å². The molecule has 0 spiro atoms. The van der Waals surface area contributed by atoms with Crippen molar-refractivity contribution in [2.24, 2.45) is 5.73 Å². The minimum atomic E-state index is -0.430. The molecule has 4 N–H and O–H groups in total. The zero-order valence-electron chi connectivity index (χ0n) is 14.7. The van der Waals surface area contributed by atoms with Gasteiger partial charge >= 0.3 is 0 Å². The summed E-state index contributed by atoms with van der Waals surface area (Å²) in [4.78, 5) is 20.1. The average Bonchev–Trinajstić information content (AvgIpc) is 3.19. The lowest BCUT2D eigenvalue weighted by Crippen LogP contribution is -2.14. The van der Waals surface area contributed by atoms with E-state index in [9.17, 15) is 4.79 Å². The van der Waals surface area contributed by atoms with Crippen LogP contribution in [-0.4, -0.2) is 26.1 Å². The molecular weight excluding hydrogens is 356 g/mol. The molecule has 4 rings (SSSR count). The molecular formula is C20H16N6O2.